The number of nitriles is 1. The SMILES string of the molecule is Cc1ccc2nc(NC(=O)c3cc(Cl)cc(C#N)c3O)sc2c1. The fraction of sp³-hybridized carbons (Fsp3) is 0.0625. The van der Waals surface area contributed by atoms with Gasteiger partial charge in [0, 0.05) is 5.02 Å². The lowest BCUT2D eigenvalue weighted by Gasteiger charge is -2.06. The van der Waals surface area contributed by atoms with Crippen LogP contribution in [0.1, 0.15) is 21.5 Å². The summed E-state index contributed by atoms with van der Waals surface area (Å²) >= 11 is 7.21. The van der Waals surface area contributed by atoms with Crippen LogP contribution in [-0.2, 0) is 0 Å². The minimum Gasteiger partial charge on any atom is -0.506 e. The van der Waals surface area contributed by atoms with Gasteiger partial charge in [0.2, 0.25) is 0 Å². The molecule has 2 N–H and O–H groups in total. The van der Waals surface area contributed by atoms with E-state index in [0.29, 0.717) is 5.13 Å². The van der Waals surface area contributed by atoms with Crippen molar-refractivity contribution in [3.8, 4) is 11.8 Å². The van der Waals surface area contributed by atoms with E-state index >= 15 is 0 Å². The first-order valence-corrected chi connectivity index (χ1v) is 7.78. The molecule has 0 bridgehead atoms. The molecule has 2 aromatic carbocycles. The summed E-state index contributed by atoms with van der Waals surface area (Å²) < 4.78 is 0.952. The maximum absolute atomic E-state index is 12.3. The van der Waals surface area contributed by atoms with Crippen LogP contribution in [0.15, 0.2) is 30.3 Å². The Bertz CT molecular complexity index is 975. The van der Waals surface area contributed by atoms with E-state index in [1.54, 1.807) is 6.07 Å². The number of carbonyl (C=O) groups is 1. The molecule has 0 spiro atoms. The van der Waals surface area contributed by atoms with Crippen molar-refractivity contribution < 1.29 is 9.90 Å². The number of benzene rings is 2. The number of aromatic nitrogens is 1. The van der Waals surface area contributed by atoms with E-state index in [-0.39, 0.29) is 16.1 Å². The average Bonchev–Trinajstić information content (AvgIpc) is 2.90. The van der Waals surface area contributed by atoms with E-state index in [1.807, 2.05) is 25.1 Å². The van der Waals surface area contributed by atoms with Crippen molar-refractivity contribution in [2.75, 3.05) is 5.32 Å². The second-order valence-corrected chi connectivity index (χ2v) is 6.37. The minimum absolute atomic E-state index is 0.0532. The van der Waals surface area contributed by atoms with E-state index < -0.39 is 11.7 Å². The monoisotopic (exact) mass is 343 g/mol. The number of nitrogens with one attached hydrogen (secondary N) is 1. The third-order valence-electron chi connectivity index (χ3n) is 3.20. The van der Waals surface area contributed by atoms with Crippen molar-refractivity contribution >= 4 is 44.2 Å². The second-order valence-electron chi connectivity index (χ2n) is 4.91. The van der Waals surface area contributed by atoms with Gasteiger partial charge in [-0.25, -0.2) is 4.98 Å². The molecule has 0 aliphatic carbocycles. The number of aryl methyl sites for hydroxylation is 1. The Balaban J connectivity index is 1.95. The van der Waals surface area contributed by atoms with Gasteiger partial charge in [0.05, 0.1) is 21.3 Å². The number of anilines is 1. The third kappa shape index (κ3) is 2.97. The highest BCUT2D eigenvalue weighted by molar-refractivity contribution is 7.22. The lowest BCUT2D eigenvalue weighted by molar-refractivity contribution is 0.102. The van der Waals surface area contributed by atoms with E-state index in [1.165, 1.54) is 23.5 Å². The van der Waals surface area contributed by atoms with Gasteiger partial charge in [-0.2, -0.15) is 5.26 Å². The van der Waals surface area contributed by atoms with Crippen LogP contribution in [0.5, 0.6) is 5.75 Å². The van der Waals surface area contributed by atoms with Crippen molar-refractivity contribution in [1.29, 1.82) is 5.26 Å². The van der Waals surface area contributed by atoms with E-state index in [4.69, 9.17) is 16.9 Å². The standard InChI is InChI=1S/C16H10ClN3O2S/c1-8-2-3-12-13(4-8)23-16(19-12)20-15(22)11-6-10(17)5-9(7-18)14(11)21/h2-6,21H,1H3,(H,19,20,22). The maximum atomic E-state index is 12.3. The van der Waals surface area contributed by atoms with E-state index in [0.717, 1.165) is 15.8 Å². The Morgan fingerprint density at radius 2 is 2.17 bits per heavy atom. The molecule has 0 saturated heterocycles. The summed E-state index contributed by atoms with van der Waals surface area (Å²) in [7, 11) is 0. The smallest absolute Gasteiger partial charge is 0.261 e. The summed E-state index contributed by atoms with van der Waals surface area (Å²) in [5.41, 5.74) is 1.76. The molecule has 0 radical (unpaired) electrons. The summed E-state index contributed by atoms with van der Waals surface area (Å²) in [4.78, 5) is 16.6. The molecule has 0 saturated carbocycles. The Labute approximate surface area is 140 Å². The number of carbonyl (C=O) groups excluding carboxylic acids is 1. The van der Waals surface area contributed by atoms with Crippen LogP contribution in [0.3, 0.4) is 0 Å². The minimum atomic E-state index is -0.572. The number of hydrogen-bond donors (Lipinski definition) is 2. The molecular formula is C16H10ClN3O2S. The van der Waals surface area contributed by atoms with Crippen LogP contribution >= 0.6 is 22.9 Å². The molecule has 23 heavy (non-hydrogen) atoms. The molecule has 0 aliphatic heterocycles. The fourth-order valence-corrected chi connectivity index (χ4v) is 3.28. The summed E-state index contributed by atoms with van der Waals surface area (Å²) in [5.74, 6) is -0.969. The lowest BCUT2D eigenvalue weighted by Crippen LogP contribution is -2.12. The Hall–Kier alpha value is -2.62. The highest BCUT2D eigenvalue weighted by Gasteiger charge is 2.17. The van der Waals surface area contributed by atoms with Gasteiger partial charge < -0.3 is 5.11 Å². The lowest BCUT2D eigenvalue weighted by atomic mass is 10.1. The molecule has 0 unspecified atom stereocenters. The van der Waals surface area contributed by atoms with Crippen molar-refractivity contribution in [2.24, 2.45) is 0 Å². The molecule has 1 heterocycles. The molecule has 3 rings (SSSR count). The zero-order chi connectivity index (χ0) is 16.6. The molecular weight excluding hydrogens is 334 g/mol. The van der Waals surface area contributed by atoms with Crippen molar-refractivity contribution in [2.45, 2.75) is 6.92 Å². The number of rotatable bonds is 2. The van der Waals surface area contributed by atoms with Gasteiger partial charge in [0.1, 0.15) is 11.8 Å². The highest BCUT2D eigenvalue weighted by Crippen LogP contribution is 2.30. The molecule has 7 heteroatoms. The predicted octanol–water partition coefficient (Wildman–Crippen LogP) is 4.09. The van der Waals surface area contributed by atoms with Crippen molar-refractivity contribution in [3.05, 3.63) is 52.0 Å². The fourth-order valence-electron chi connectivity index (χ4n) is 2.11. The van der Waals surface area contributed by atoms with Gasteiger partial charge >= 0.3 is 0 Å². The largest absolute Gasteiger partial charge is 0.506 e. The van der Waals surface area contributed by atoms with Crippen LogP contribution in [0.4, 0.5) is 5.13 Å². The van der Waals surface area contributed by atoms with Crippen LogP contribution in [0, 0.1) is 18.3 Å². The first-order valence-electron chi connectivity index (χ1n) is 6.59. The molecule has 0 aliphatic rings. The summed E-state index contributed by atoms with van der Waals surface area (Å²) in [6.45, 7) is 1.98. The maximum Gasteiger partial charge on any atom is 0.261 e. The molecule has 1 amide bonds. The van der Waals surface area contributed by atoms with Crippen molar-refractivity contribution in [3.63, 3.8) is 0 Å². The molecule has 0 fully saturated rings. The number of hydrogen-bond acceptors (Lipinski definition) is 5. The second kappa shape index (κ2) is 5.88. The van der Waals surface area contributed by atoms with Gasteiger partial charge in [-0.1, -0.05) is 29.0 Å². The zero-order valence-corrected chi connectivity index (χ0v) is 13.5. The van der Waals surface area contributed by atoms with Crippen LogP contribution in [-0.4, -0.2) is 16.0 Å². The first kappa shape index (κ1) is 15.3. The topological polar surface area (TPSA) is 86.0 Å². The zero-order valence-electron chi connectivity index (χ0n) is 11.9. The normalized spacial score (nSPS) is 10.5. The van der Waals surface area contributed by atoms with Gasteiger partial charge in [-0.3, -0.25) is 10.1 Å². The number of phenols is 1. The molecule has 3 aromatic rings. The Morgan fingerprint density at radius 3 is 2.91 bits per heavy atom. The van der Waals surface area contributed by atoms with Gasteiger partial charge in [0.25, 0.3) is 5.91 Å². The number of nitrogens with zero attached hydrogens (tertiary/aromatic N) is 2. The van der Waals surface area contributed by atoms with Crippen LogP contribution in [0.25, 0.3) is 10.2 Å². The molecule has 0 atom stereocenters. The number of phenolic OH excluding ortho intramolecular Hbond substituents is 1. The van der Waals surface area contributed by atoms with Gasteiger partial charge in [0.15, 0.2) is 5.13 Å². The summed E-state index contributed by atoms with van der Waals surface area (Å²) in [5, 5.41) is 22.2. The van der Waals surface area contributed by atoms with Gasteiger partial charge in [-0.05, 0) is 36.8 Å². The van der Waals surface area contributed by atoms with Crippen LogP contribution in [0.2, 0.25) is 5.02 Å². The molecule has 5 nitrogen and oxygen atoms in total. The number of amides is 1. The highest BCUT2D eigenvalue weighted by atomic mass is 35.5. The predicted molar refractivity (Wildman–Crippen MR) is 90.1 cm³/mol. The number of thiazole rings is 1. The Kier molecular flexibility index (Phi) is 3.90. The quantitative estimate of drug-likeness (QED) is 0.733. The number of fused-ring (bicyclic) bond motifs is 1. The average molecular weight is 344 g/mol. The van der Waals surface area contributed by atoms with Crippen molar-refractivity contribution in [1.82, 2.24) is 4.98 Å². The van der Waals surface area contributed by atoms with E-state index in [9.17, 15) is 9.90 Å². The summed E-state index contributed by atoms with van der Waals surface area (Å²) in [6.07, 6.45) is 0. The Morgan fingerprint density at radius 1 is 1.39 bits per heavy atom. The first-order chi connectivity index (χ1) is 11.0. The van der Waals surface area contributed by atoms with Crippen LogP contribution < -0.4 is 5.32 Å². The number of halogens is 1. The van der Waals surface area contributed by atoms with E-state index in [2.05, 4.69) is 10.3 Å². The molecule has 114 valence electrons. The number of aromatic hydroxyl groups is 1. The van der Waals surface area contributed by atoms with Gasteiger partial charge in [-0.15, -0.1) is 0 Å². The molecule has 1 aromatic heterocycles. The summed E-state index contributed by atoms with van der Waals surface area (Å²) in [6, 6.07) is 10.2. The third-order valence-corrected chi connectivity index (χ3v) is 4.36.